The molecule has 0 aliphatic carbocycles. The lowest BCUT2D eigenvalue weighted by molar-refractivity contribution is -0.402. The first-order valence-corrected chi connectivity index (χ1v) is 7.42. The van der Waals surface area contributed by atoms with E-state index in [-0.39, 0.29) is 17.3 Å². The number of nitrogens with one attached hydrogen (secondary N) is 2. The number of para-hydroxylation sites is 1. The Kier molecular flexibility index (Phi) is 4.24. The Bertz CT molecular complexity index is 754. The van der Waals surface area contributed by atoms with Crippen LogP contribution < -0.4 is 10.0 Å². The SMILES string of the molecule is CNS(=O)(=O)c1ccccc1NCc1ccc([N+](=O)[O-])o1. The predicted molar refractivity (Wildman–Crippen MR) is 75.4 cm³/mol. The molecule has 2 aromatic rings. The zero-order chi connectivity index (χ0) is 15.5. The fourth-order valence-electron chi connectivity index (χ4n) is 1.70. The maximum absolute atomic E-state index is 11.9. The third kappa shape index (κ3) is 3.38. The van der Waals surface area contributed by atoms with Crippen LogP contribution in [0, 0.1) is 10.1 Å². The largest absolute Gasteiger partial charge is 0.433 e. The van der Waals surface area contributed by atoms with Crippen molar-refractivity contribution >= 4 is 21.6 Å². The average molecular weight is 311 g/mol. The van der Waals surface area contributed by atoms with E-state index < -0.39 is 14.9 Å². The lowest BCUT2D eigenvalue weighted by Crippen LogP contribution is -2.20. The highest BCUT2D eigenvalue weighted by atomic mass is 32.2. The Morgan fingerprint density at radius 1 is 1.24 bits per heavy atom. The van der Waals surface area contributed by atoms with Crippen molar-refractivity contribution in [2.75, 3.05) is 12.4 Å². The van der Waals surface area contributed by atoms with Crippen LogP contribution in [0.3, 0.4) is 0 Å². The van der Waals surface area contributed by atoms with E-state index in [1.54, 1.807) is 18.2 Å². The topological polar surface area (TPSA) is 114 Å². The molecule has 0 spiro atoms. The van der Waals surface area contributed by atoms with Crippen LogP contribution >= 0.6 is 0 Å². The first-order valence-electron chi connectivity index (χ1n) is 5.93. The van der Waals surface area contributed by atoms with Crippen LogP contribution in [0.25, 0.3) is 0 Å². The van der Waals surface area contributed by atoms with Crippen LogP contribution in [-0.4, -0.2) is 20.4 Å². The van der Waals surface area contributed by atoms with Crippen LogP contribution in [-0.2, 0) is 16.6 Å². The summed E-state index contributed by atoms with van der Waals surface area (Å²) in [7, 11) is -2.27. The van der Waals surface area contributed by atoms with Gasteiger partial charge in [-0.25, -0.2) is 13.1 Å². The number of hydrogen-bond donors (Lipinski definition) is 2. The minimum absolute atomic E-state index is 0.0913. The van der Waals surface area contributed by atoms with Crippen molar-refractivity contribution in [1.29, 1.82) is 0 Å². The molecule has 0 aliphatic heterocycles. The Morgan fingerprint density at radius 3 is 2.57 bits per heavy atom. The summed E-state index contributed by atoms with van der Waals surface area (Å²) in [4.78, 5) is 9.97. The summed E-state index contributed by atoms with van der Waals surface area (Å²) in [5.41, 5.74) is 0.380. The Balaban J connectivity index is 2.18. The van der Waals surface area contributed by atoms with Crippen molar-refractivity contribution in [1.82, 2.24) is 4.72 Å². The minimum atomic E-state index is -3.59. The molecule has 0 radical (unpaired) electrons. The number of rotatable bonds is 6. The standard InChI is InChI=1S/C12H13N3O5S/c1-13-21(18,19)11-5-3-2-4-10(11)14-8-9-6-7-12(20-9)15(16)17/h2-7,13-14H,8H2,1H3. The van der Waals surface area contributed by atoms with Crippen LogP contribution in [0.1, 0.15) is 5.76 Å². The lowest BCUT2D eigenvalue weighted by Gasteiger charge is -2.10. The second kappa shape index (κ2) is 5.94. The number of nitro groups is 1. The summed E-state index contributed by atoms with van der Waals surface area (Å²) in [6.07, 6.45) is 0. The molecule has 9 heteroatoms. The quantitative estimate of drug-likeness (QED) is 0.620. The normalized spacial score (nSPS) is 11.3. The fraction of sp³-hybridized carbons (Fsp3) is 0.167. The third-order valence-corrected chi connectivity index (χ3v) is 4.20. The van der Waals surface area contributed by atoms with Gasteiger partial charge in [-0.1, -0.05) is 12.1 Å². The maximum atomic E-state index is 11.9. The van der Waals surface area contributed by atoms with Gasteiger partial charge in [0.15, 0.2) is 0 Å². The monoisotopic (exact) mass is 311 g/mol. The van der Waals surface area contributed by atoms with Gasteiger partial charge >= 0.3 is 5.88 Å². The van der Waals surface area contributed by atoms with Gasteiger partial charge in [-0.05, 0) is 25.2 Å². The van der Waals surface area contributed by atoms with Crippen LogP contribution in [0.5, 0.6) is 0 Å². The molecule has 0 saturated carbocycles. The molecule has 1 heterocycles. The smallest absolute Gasteiger partial charge is 0.404 e. The van der Waals surface area contributed by atoms with Crippen molar-refractivity contribution in [3.63, 3.8) is 0 Å². The van der Waals surface area contributed by atoms with E-state index in [1.165, 1.54) is 25.2 Å². The highest BCUT2D eigenvalue weighted by Gasteiger charge is 2.17. The molecule has 0 fully saturated rings. The van der Waals surface area contributed by atoms with Gasteiger partial charge in [0, 0.05) is 0 Å². The van der Waals surface area contributed by atoms with E-state index in [9.17, 15) is 18.5 Å². The summed E-state index contributed by atoms with van der Waals surface area (Å²) < 4.78 is 31.0. The fourth-order valence-corrected chi connectivity index (χ4v) is 2.61. The van der Waals surface area contributed by atoms with Gasteiger partial charge in [0.1, 0.15) is 15.6 Å². The third-order valence-electron chi connectivity index (χ3n) is 2.73. The summed E-state index contributed by atoms with van der Waals surface area (Å²) in [5.74, 6) is -0.0266. The highest BCUT2D eigenvalue weighted by molar-refractivity contribution is 7.89. The van der Waals surface area contributed by atoms with Gasteiger partial charge in [0.25, 0.3) is 0 Å². The van der Waals surface area contributed by atoms with Gasteiger partial charge in [0.2, 0.25) is 10.0 Å². The number of nitrogens with zero attached hydrogens (tertiary/aromatic N) is 1. The molecule has 0 saturated heterocycles. The van der Waals surface area contributed by atoms with Crippen molar-refractivity contribution in [2.24, 2.45) is 0 Å². The second-order valence-electron chi connectivity index (χ2n) is 4.05. The van der Waals surface area contributed by atoms with Crippen LogP contribution in [0.4, 0.5) is 11.6 Å². The van der Waals surface area contributed by atoms with Gasteiger partial charge in [0.05, 0.1) is 18.3 Å². The molecule has 112 valence electrons. The number of hydrogen-bond acceptors (Lipinski definition) is 6. The Labute approximate surface area is 121 Å². The van der Waals surface area contributed by atoms with Gasteiger partial charge < -0.3 is 9.73 Å². The minimum Gasteiger partial charge on any atom is -0.404 e. The number of furan rings is 1. The van der Waals surface area contributed by atoms with Gasteiger partial charge in [-0.15, -0.1) is 0 Å². The molecule has 21 heavy (non-hydrogen) atoms. The molecule has 1 aromatic heterocycles. The molecule has 0 aliphatic rings. The summed E-state index contributed by atoms with van der Waals surface area (Å²) in [6.45, 7) is 0.129. The Morgan fingerprint density at radius 2 is 1.95 bits per heavy atom. The summed E-state index contributed by atoms with van der Waals surface area (Å²) in [5, 5.41) is 13.4. The molecule has 1 aromatic carbocycles. The first kappa shape index (κ1) is 15.0. The van der Waals surface area contributed by atoms with E-state index >= 15 is 0 Å². The van der Waals surface area contributed by atoms with Gasteiger partial charge in [-0.2, -0.15) is 0 Å². The average Bonchev–Trinajstić information content (AvgIpc) is 2.94. The predicted octanol–water partition coefficient (Wildman–Crippen LogP) is 1.71. The molecule has 2 N–H and O–H groups in total. The van der Waals surface area contributed by atoms with E-state index in [0.29, 0.717) is 11.4 Å². The van der Waals surface area contributed by atoms with Crippen LogP contribution in [0.15, 0.2) is 45.7 Å². The first-order chi connectivity index (χ1) is 9.94. The molecule has 0 amide bonds. The van der Waals surface area contributed by atoms with Crippen molar-refractivity contribution in [3.8, 4) is 0 Å². The lowest BCUT2D eigenvalue weighted by atomic mass is 10.3. The van der Waals surface area contributed by atoms with E-state index in [4.69, 9.17) is 4.42 Å². The van der Waals surface area contributed by atoms with E-state index in [1.807, 2.05) is 0 Å². The molecular formula is C12H13N3O5S. The van der Waals surface area contributed by atoms with Crippen molar-refractivity contribution < 1.29 is 17.8 Å². The molecule has 0 atom stereocenters. The number of anilines is 1. The number of benzene rings is 1. The van der Waals surface area contributed by atoms with E-state index in [2.05, 4.69) is 10.0 Å². The van der Waals surface area contributed by atoms with Gasteiger partial charge in [-0.3, -0.25) is 10.1 Å². The maximum Gasteiger partial charge on any atom is 0.433 e. The Hall–Kier alpha value is -2.39. The molecule has 2 rings (SSSR count). The number of sulfonamides is 1. The summed E-state index contributed by atoms with van der Waals surface area (Å²) in [6, 6.07) is 9.04. The van der Waals surface area contributed by atoms with Crippen LogP contribution in [0.2, 0.25) is 0 Å². The molecular weight excluding hydrogens is 298 g/mol. The zero-order valence-corrected chi connectivity index (χ0v) is 11.9. The molecule has 0 bridgehead atoms. The summed E-state index contributed by atoms with van der Waals surface area (Å²) >= 11 is 0. The highest BCUT2D eigenvalue weighted by Crippen LogP contribution is 2.22. The second-order valence-corrected chi connectivity index (χ2v) is 5.91. The van der Waals surface area contributed by atoms with Crippen molar-refractivity contribution in [3.05, 3.63) is 52.3 Å². The van der Waals surface area contributed by atoms with E-state index in [0.717, 1.165) is 0 Å². The molecule has 8 nitrogen and oxygen atoms in total. The van der Waals surface area contributed by atoms with Crippen molar-refractivity contribution in [2.45, 2.75) is 11.4 Å². The molecule has 0 unspecified atom stereocenters. The zero-order valence-electron chi connectivity index (χ0n) is 11.1.